The topological polar surface area (TPSA) is 34.4 Å². The number of pyridine rings is 1. The van der Waals surface area contributed by atoms with Gasteiger partial charge < -0.3 is 4.40 Å². The number of rotatable bonds is 2. The molecule has 0 radical (unpaired) electrons. The van der Waals surface area contributed by atoms with Crippen LogP contribution in [0.25, 0.3) is 5.52 Å². The Morgan fingerprint density at radius 3 is 2.80 bits per heavy atom. The van der Waals surface area contributed by atoms with Crippen molar-refractivity contribution in [2.45, 2.75) is 27.2 Å². The van der Waals surface area contributed by atoms with E-state index in [9.17, 15) is 4.79 Å². The van der Waals surface area contributed by atoms with E-state index in [1.165, 1.54) is 5.56 Å². The summed E-state index contributed by atoms with van der Waals surface area (Å²) in [4.78, 5) is 15.8. The van der Waals surface area contributed by atoms with Crippen molar-refractivity contribution in [2.75, 3.05) is 0 Å². The Bertz CT molecular complexity index is 526. The summed E-state index contributed by atoms with van der Waals surface area (Å²) in [5.41, 5.74) is 2.65. The molecule has 0 aromatic carbocycles. The molecular weight excluding hydrogens is 188 g/mol. The maximum Gasteiger partial charge on any atom is 0.180 e. The van der Waals surface area contributed by atoms with E-state index in [1.54, 1.807) is 6.92 Å². The largest absolute Gasteiger partial charge is 0.303 e. The lowest BCUT2D eigenvalue weighted by molar-refractivity contribution is 0.101. The van der Waals surface area contributed by atoms with Gasteiger partial charge >= 0.3 is 0 Å². The van der Waals surface area contributed by atoms with Crippen molar-refractivity contribution < 1.29 is 4.79 Å². The summed E-state index contributed by atoms with van der Waals surface area (Å²) in [6.07, 6.45) is 2.85. The molecule has 0 spiro atoms. The van der Waals surface area contributed by atoms with Crippen molar-refractivity contribution in [1.82, 2.24) is 9.38 Å². The molecule has 15 heavy (non-hydrogen) atoms. The smallest absolute Gasteiger partial charge is 0.180 e. The van der Waals surface area contributed by atoms with E-state index in [2.05, 4.69) is 4.98 Å². The highest BCUT2D eigenvalue weighted by molar-refractivity contribution is 5.99. The molecule has 0 fully saturated rings. The van der Waals surface area contributed by atoms with Crippen LogP contribution in [0.2, 0.25) is 0 Å². The first-order valence-electron chi connectivity index (χ1n) is 5.12. The van der Waals surface area contributed by atoms with Gasteiger partial charge in [-0.2, -0.15) is 0 Å². The van der Waals surface area contributed by atoms with Crippen LogP contribution in [0.15, 0.2) is 18.3 Å². The first kappa shape index (κ1) is 9.90. The Hall–Kier alpha value is -1.64. The maximum absolute atomic E-state index is 11.4. The number of fused-ring (bicyclic) bond motifs is 1. The SMILES string of the molecule is CCc1nc(C(C)=O)c2ccc(C)cn12. The zero-order valence-electron chi connectivity index (χ0n) is 9.24. The molecule has 3 nitrogen and oxygen atoms in total. The number of hydrogen-bond donors (Lipinski definition) is 0. The molecular formula is C12H14N2O. The summed E-state index contributed by atoms with van der Waals surface area (Å²) < 4.78 is 2.01. The fourth-order valence-corrected chi connectivity index (χ4v) is 1.76. The van der Waals surface area contributed by atoms with Gasteiger partial charge in [0.05, 0.1) is 5.52 Å². The summed E-state index contributed by atoms with van der Waals surface area (Å²) in [5.74, 6) is 0.968. The molecule has 0 amide bonds. The molecule has 0 saturated carbocycles. The van der Waals surface area contributed by atoms with Crippen molar-refractivity contribution in [2.24, 2.45) is 0 Å². The molecule has 0 aliphatic heterocycles. The molecule has 0 atom stereocenters. The van der Waals surface area contributed by atoms with E-state index in [0.29, 0.717) is 5.69 Å². The molecule has 0 unspecified atom stereocenters. The Morgan fingerprint density at radius 2 is 2.20 bits per heavy atom. The molecule has 3 heteroatoms. The van der Waals surface area contributed by atoms with Gasteiger partial charge in [-0.15, -0.1) is 0 Å². The highest BCUT2D eigenvalue weighted by Crippen LogP contribution is 2.15. The maximum atomic E-state index is 11.4. The number of Topliss-reactive ketones (excluding diaryl/α,β-unsaturated/α-hetero) is 1. The minimum Gasteiger partial charge on any atom is -0.303 e. The Morgan fingerprint density at radius 1 is 1.47 bits per heavy atom. The van der Waals surface area contributed by atoms with E-state index >= 15 is 0 Å². The van der Waals surface area contributed by atoms with Crippen LogP contribution >= 0.6 is 0 Å². The van der Waals surface area contributed by atoms with Gasteiger partial charge in [-0.3, -0.25) is 4.79 Å². The van der Waals surface area contributed by atoms with Crippen LogP contribution in [-0.4, -0.2) is 15.2 Å². The van der Waals surface area contributed by atoms with Gasteiger partial charge in [-0.1, -0.05) is 13.0 Å². The van der Waals surface area contributed by atoms with Crippen LogP contribution in [0.5, 0.6) is 0 Å². The number of ketones is 1. The van der Waals surface area contributed by atoms with Gasteiger partial charge in [0.1, 0.15) is 11.5 Å². The summed E-state index contributed by atoms with van der Waals surface area (Å²) in [5, 5.41) is 0. The van der Waals surface area contributed by atoms with Crippen LogP contribution in [0.1, 0.15) is 35.7 Å². The van der Waals surface area contributed by atoms with Crippen LogP contribution in [0, 0.1) is 6.92 Å². The third kappa shape index (κ3) is 1.54. The van der Waals surface area contributed by atoms with Gasteiger partial charge in [-0.05, 0) is 18.6 Å². The number of hydrogen-bond acceptors (Lipinski definition) is 2. The zero-order valence-corrected chi connectivity index (χ0v) is 9.24. The minimum atomic E-state index is 0.0241. The second-order valence-electron chi connectivity index (χ2n) is 3.75. The van der Waals surface area contributed by atoms with Gasteiger partial charge in [0.2, 0.25) is 0 Å². The summed E-state index contributed by atoms with van der Waals surface area (Å²) in [6, 6.07) is 3.96. The second kappa shape index (κ2) is 3.50. The number of nitrogens with zero attached hydrogens (tertiary/aromatic N) is 2. The molecule has 0 aliphatic rings. The fourth-order valence-electron chi connectivity index (χ4n) is 1.76. The molecule has 0 bridgehead atoms. The molecule has 0 N–H and O–H groups in total. The van der Waals surface area contributed by atoms with Crippen LogP contribution in [-0.2, 0) is 6.42 Å². The molecule has 0 saturated heterocycles. The van der Waals surface area contributed by atoms with Crippen molar-refractivity contribution in [3.63, 3.8) is 0 Å². The highest BCUT2D eigenvalue weighted by atomic mass is 16.1. The Kier molecular flexibility index (Phi) is 2.31. The first-order valence-corrected chi connectivity index (χ1v) is 5.12. The lowest BCUT2D eigenvalue weighted by Crippen LogP contribution is -1.93. The van der Waals surface area contributed by atoms with Crippen molar-refractivity contribution in [3.8, 4) is 0 Å². The predicted molar refractivity (Wildman–Crippen MR) is 59.3 cm³/mol. The zero-order chi connectivity index (χ0) is 11.0. The molecule has 78 valence electrons. The van der Waals surface area contributed by atoms with E-state index in [4.69, 9.17) is 0 Å². The molecule has 2 rings (SSSR count). The van der Waals surface area contributed by atoms with Gasteiger partial charge in [0.25, 0.3) is 0 Å². The van der Waals surface area contributed by atoms with Gasteiger partial charge in [0.15, 0.2) is 5.78 Å². The quantitative estimate of drug-likeness (QED) is 0.701. The molecule has 2 aromatic rings. The number of carbonyl (C=O) groups is 1. The molecule has 2 heterocycles. The number of aromatic nitrogens is 2. The first-order chi connectivity index (χ1) is 7.13. The molecule has 0 aliphatic carbocycles. The van der Waals surface area contributed by atoms with E-state index < -0.39 is 0 Å². The van der Waals surface area contributed by atoms with Crippen molar-refractivity contribution in [1.29, 1.82) is 0 Å². The van der Waals surface area contributed by atoms with Gasteiger partial charge in [-0.25, -0.2) is 4.98 Å². The van der Waals surface area contributed by atoms with Crippen molar-refractivity contribution in [3.05, 3.63) is 35.4 Å². The normalized spacial score (nSPS) is 10.9. The second-order valence-corrected chi connectivity index (χ2v) is 3.75. The number of carbonyl (C=O) groups excluding carboxylic acids is 1. The standard InChI is InChI=1S/C12H14N2O/c1-4-11-13-12(9(3)15)10-6-5-8(2)7-14(10)11/h5-7H,4H2,1-3H3. The third-order valence-corrected chi connectivity index (χ3v) is 2.51. The molecule has 2 aromatic heterocycles. The van der Waals surface area contributed by atoms with E-state index in [-0.39, 0.29) is 5.78 Å². The average Bonchev–Trinajstić information content (AvgIpc) is 2.55. The lowest BCUT2D eigenvalue weighted by atomic mass is 10.2. The summed E-state index contributed by atoms with van der Waals surface area (Å²) in [7, 11) is 0. The minimum absolute atomic E-state index is 0.0241. The predicted octanol–water partition coefficient (Wildman–Crippen LogP) is 2.41. The average molecular weight is 202 g/mol. The van der Waals surface area contributed by atoms with Crippen LogP contribution < -0.4 is 0 Å². The summed E-state index contributed by atoms with van der Waals surface area (Å²) in [6.45, 7) is 5.63. The van der Waals surface area contributed by atoms with E-state index in [0.717, 1.165) is 17.8 Å². The van der Waals surface area contributed by atoms with E-state index in [1.807, 2.05) is 36.6 Å². The Labute approximate surface area is 88.8 Å². The Balaban J connectivity index is 2.81. The summed E-state index contributed by atoms with van der Waals surface area (Å²) >= 11 is 0. The van der Waals surface area contributed by atoms with Crippen LogP contribution in [0.3, 0.4) is 0 Å². The fraction of sp³-hybridized carbons (Fsp3) is 0.333. The highest BCUT2D eigenvalue weighted by Gasteiger charge is 2.12. The lowest BCUT2D eigenvalue weighted by Gasteiger charge is -1.99. The third-order valence-electron chi connectivity index (χ3n) is 2.51. The number of imidazole rings is 1. The monoisotopic (exact) mass is 202 g/mol. The van der Waals surface area contributed by atoms with Gasteiger partial charge in [0, 0.05) is 19.5 Å². The number of aryl methyl sites for hydroxylation is 2. The van der Waals surface area contributed by atoms with Crippen molar-refractivity contribution >= 4 is 11.3 Å². The van der Waals surface area contributed by atoms with Crippen LogP contribution in [0.4, 0.5) is 0 Å².